The summed E-state index contributed by atoms with van der Waals surface area (Å²) < 4.78 is 38.0. The number of imidazole rings is 2. The predicted molar refractivity (Wildman–Crippen MR) is 272 cm³/mol. The van der Waals surface area contributed by atoms with Gasteiger partial charge in [-0.2, -0.15) is 0 Å². The maximum atomic E-state index is 13.0. The van der Waals surface area contributed by atoms with E-state index in [1.165, 1.54) is 33.5 Å². The Bertz CT molecular complexity index is 2800. The zero-order valence-corrected chi connectivity index (χ0v) is 41.8. The molecule has 2 aliphatic carbocycles. The van der Waals surface area contributed by atoms with Crippen LogP contribution >= 0.6 is 0 Å². The summed E-state index contributed by atoms with van der Waals surface area (Å²) in [5.74, 6) is 5.64. The summed E-state index contributed by atoms with van der Waals surface area (Å²) in [6.07, 6.45) is 8.19. The molecule has 16 heteroatoms. The molecule has 4 aliphatic heterocycles. The van der Waals surface area contributed by atoms with Crippen LogP contribution in [0.15, 0.2) is 72.8 Å². The highest BCUT2D eigenvalue weighted by Crippen LogP contribution is 2.37. The van der Waals surface area contributed by atoms with Crippen LogP contribution in [0.25, 0.3) is 22.1 Å². The number of rotatable bonds is 10. The van der Waals surface area contributed by atoms with Gasteiger partial charge >= 0.3 is 0 Å². The van der Waals surface area contributed by atoms with Crippen molar-refractivity contribution >= 4 is 33.9 Å². The molecule has 4 unspecified atom stereocenters. The van der Waals surface area contributed by atoms with Crippen molar-refractivity contribution in [1.82, 2.24) is 35.0 Å². The highest BCUT2D eigenvalue weighted by molar-refractivity contribution is 5.95. The topological polar surface area (TPSA) is 158 Å². The zero-order valence-electron chi connectivity index (χ0n) is 41.8. The Labute approximate surface area is 421 Å². The van der Waals surface area contributed by atoms with Crippen LogP contribution in [-0.2, 0) is 36.7 Å². The molecule has 6 aliphatic rings. The quantitative estimate of drug-likeness (QED) is 0.126. The normalized spacial score (nSPS) is 22.5. The van der Waals surface area contributed by atoms with Crippen LogP contribution in [0.1, 0.15) is 107 Å². The predicted octanol–water partition coefficient (Wildman–Crippen LogP) is 6.68. The van der Waals surface area contributed by atoms with Crippen molar-refractivity contribution in [2.45, 2.75) is 88.4 Å². The van der Waals surface area contributed by atoms with Crippen LogP contribution in [0.2, 0.25) is 0 Å². The van der Waals surface area contributed by atoms with Crippen LogP contribution in [0.5, 0.6) is 23.0 Å². The van der Waals surface area contributed by atoms with Crippen molar-refractivity contribution in [3.05, 3.63) is 107 Å². The summed E-state index contributed by atoms with van der Waals surface area (Å²) in [6, 6.07) is 24.5. The molecule has 6 heterocycles. The molecule has 12 rings (SSSR count). The number of nitrogens with zero attached hydrogens (tertiary/aromatic N) is 5. The number of aromatic amines is 1. The molecular weight excluding hydrogens is 913 g/mol. The SMILES string of the molecule is C[n+]1c(C2CCCC(NC(=O)c3ccc4c(c3)OCCO4)C2)[nH]c2cc(CN3CCOCC3)ccc21.Cn1c(C2CCCC(NC(=O)c3ccc4c(c3)OCCO4)C2)nc2ccc(CN3CCOCC3)cc21. The first-order chi connectivity index (χ1) is 35.3. The van der Waals surface area contributed by atoms with Gasteiger partial charge in [0, 0.05) is 75.4 Å². The second-order valence-corrected chi connectivity index (χ2v) is 20.3. The summed E-state index contributed by atoms with van der Waals surface area (Å²) in [4.78, 5) is 39.7. The maximum Gasteiger partial charge on any atom is 0.258 e. The first kappa shape index (κ1) is 48.1. The Morgan fingerprint density at radius 3 is 1.75 bits per heavy atom. The third-order valence-corrected chi connectivity index (χ3v) is 15.4. The minimum absolute atomic E-state index is 0.0496. The lowest BCUT2D eigenvalue weighted by Gasteiger charge is -2.29. The van der Waals surface area contributed by atoms with Crippen LogP contribution in [0.3, 0.4) is 0 Å². The number of H-pyrrole nitrogens is 1. The molecule has 3 N–H and O–H groups in total. The molecule has 0 spiro atoms. The Kier molecular flexibility index (Phi) is 14.6. The number of benzene rings is 4. The molecule has 16 nitrogen and oxygen atoms in total. The molecule has 4 aromatic carbocycles. The van der Waals surface area contributed by atoms with E-state index in [1.807, 2.05) is 24.3 Å². The van der Waals surface area contributed by atoms with Gasteiger partial charge in [0.05, 0.1) is 50.4 Å². The highest BCUT2D eigenvalue weighted by atomic mass is 16.6. The molecular formula is C56H69N8O8+. The lowest BCUT2D eigenvalue weighted by molar-refractivity contribution is -0.654. The number of amides is 2. The van der Waals surface area contributed by atoms with Gasteiger partial charge in [0.2, 0.25) is 0 Å². The minimum Gasteiger partial charge on any atom is -0.486 e. The standard InChI is InChI=1S/2C28H34N4O4/c1-31-24-7-5-19(18-32-9-11-34-12-10-32)15-23(24)30-27(31)20-3-2-4-22(16-20)29-28(33)21-6-8-25-26(17-21)36-14-13-35-25;1-31-24-15-19(18-32-9-11-34-12-10-32)5-7-23(24)30-27(31)20-3-2-4-22(16-20)29-28(33)21-6-8-25-26(17-21)36-14-13-35-25/h2*5-8,15,17,20,22H,2-4,9-14,16,18H2,1H3,(H,29,33)/p+1. The number of nitrogens with one attached hydrogen (secondary N) is 3. The fraction of sp³-hybridized carbons (Fsp3) is 0.500. The summed E-state index contributed by atoms with van der Waals surface area (Å²) in [5, 5.41) is 6.54. The summed E-state index contributed by atoms with van der Waals surface area (Å²) >= 11 is 0. The average Bonchev–Trinajstić information content (AvgIpc) is 3.93. The summed E-state index contributed by atoms with van der Waals surface area (Å²) in [6.45, 7) is 11.2. The van der Waals surface area contributed by atoms with Crippen molar-refractivity contribution in [3.63, 3.8) is 0 Å². The van der Waals surface area contributed by atoms with Crippen LogP contribution in [0, 0.1) is 0 Å². The molecule has 6 aromatic rings. The zero-order chi connectivity index (χ0) is 49.0. The molecule has 380 valence electrons. The molecule has 0 radical (unpaired) electrons. The minimum atomic E-state index is -0.0598. The molecule has 4 fully saturated rings. The van der Waals surface area contributed by atoms with Gasteiger partial charge in [-0.05, 0) is 110 Å². The molecule has 2 saturated carbocycles. The van der Waals surface area contributed by atoms with Gasteiger partial charge in [-0.3, -0.25) is 19.4 Å². The smallest absolute Gasteiger partial charge is 0.258 e. The van der Waals surface area contributed by atoms with E-state index in [0.29, 0.717) is 72.4 Å². The van der Waals surface area contributed by atoms with Crippen LogP contribution < -0.4 is 34.1 Å². The molecule has 2 amide bonds. The van der Waals surface area contributed by atoms with E-state index >= 15 is 0 Å². The lowest BCUT2D eigenvalue weighted by atomic mass is 9.85. The number of aryl methyl sites for hydroxylation is 2. The number of aromatic nitrogens is 4. The number of hydrogen-bond acceptors (Lipinski definition) is 11. The second kappa shape index (κ2) is 21.9. The number of carbonyl (C=O) groups is 2. The molecule has 72 heavy (non-hydrogen) atoms. The Hall–Kier alpha value is -6.20. The van der Waals surface area contributed by atoms with E-state index in [2.05, 4.69) is 85.0 Å². The van der Waals surface area contributed by atoms with Gasteiger partial charge in [-0.1, -0.05) is 25.0 Å². The Balaban J connectivity index is 0.000000156. The number of fused-ring (bicyclic) bond motifs is 4. The van der Waals surface area contributed by atoms with Gasteiger partial charge in [-0.25, -0.2) is 14.5 Å². The van der Waals surface area contributed by atoms with E-state index in [9.17, 15) is 9.59 Å². The fourth-order valence-electron chi connectivity index (χ4n) is 11.6. The first-order valence-electron chi connectivity index (χ1n) is 26.2. The Morgan fingerprint density at radius 1 is 0.625 bits per heavy atom. The monoisotopic (exact) mass is 982 g/mol. The molecule has 0 bridgehead atoms. The molecule has 2 saturated heterocycles. The second-order valence-electron chi connectivity index (χ2n) is 20.3. The van der Waals surface area contributed by atoms with Crippen molar-refractivity contribution in [3.8, 4) is 23.0 Å². The van der Waals surface area contributed by atoms with Crippen LogP contribution in [-0.4, -0.2) is 127 Å². The molecule has 2 aromatic heterocycles. The van der Waals surface area contributed by atoms with E-state index in [4.69, 9.17) is 33.4 Å². The van der Waals surface area contributed by atoms with E-state index in [0.717, 1.165) is 128 Å². The van der Waals surface area contributed by atoms with E-state index in [-0.39, 0.29) is 23.9 Å². The van der Waals surface area contributed by atoms with Crippen molar-refractivity contribution < 1.29 is 42.6 Å². The van der Waals surface area contributed by atoms with Crippen molar-refractivity contribution in [2.24, 2.45) is 14.1 Å². The first-order valence-corrected chi connectivity index (χ1v) is 26.2. The van der Waals surface area contributed by atoms with E-state index < -0.39 is 0 Å². The largest absolute Gasteiger partial charge is 0.486 e. The van der Waals surface area contributed by atoms with Gasteiger partial charge in [0.1, 0.15) is 32.3 Å². The van der Waals surface area contributed by atoms with Crippen molar-refractivity contribution in [1.29, 1.82) is 0 Å². The van der Waals surface area contributed by atoms with Gasteiger partial charge in [0.15, 0.2) is 34.0 Å². The summed E-state index contributed by atoms with van der Waals surface area (Å²) in [5.41, 5.74) is 8.48. The van der Waals surface area contributed by atoms with Crippen LogP contribution in [0.4, 0.5) is 0 Å². The number of hydrogen-bond donors (Lipinski definition) is 3. The average molecular weight is 982 g/mol. The van der Waals surface area contributed by atoms with Crippen molar-refractivity contribution in [2.75, 3.05) is 79.0 Å². The van der Waals surface area contributed by atoms with E-state index in [1.54, 1.807) is 12.1 Å². The number of ether oxygens (including phenoxy) is 6. The number of morpholine rings is 2. The fourth-order valence-corrected chi connectivity index (χ4v) is 11.6. The lowest BCUT2D eigenvalue weighted by Crippen LogP contribution is -2.41. The highest BCUT2D eigenvalue weighted by Gasteiger charge is 2.33. The van der Waals surface area contributed by atoms with Gasteiger partial charge in [-0.15, -0.1) is 0 Å². The third-order valence-electron chi connectivity index (χ3n) is 15.4. The summed E-state index contributed by atoms with van der Waals surface area (Å²) in [7, 11) is 4.27. The Morgan fingerprint density at radius 2 is 1.15 bits per heavy atom. The number of carbonyl (C=O) groups excluding carboxylic acids is 2. The van der Waals surface area contributed by atoms with Gasteiger partial charge < -0.3 is 43.6 Å². The van der Waals surface area contributed by atoms with Gasteiger partial charge in [0.25, 0.3) is 17.6 Å². The maximum absolute atomic E-state index is 13.0. The third kappa shape index (κ3) is 10.9. The molecule has 4 atom stereocenters.